The van der Waals surface area contributed by atoms with Gasteiger partial charge in [-0.15, -0.1) is 11.3 Å². The van der Waals surface area contributed by atoms with Crippen molar-refractivity contribution in [1.82, 2.24) is 14.7 Å². The topological polar surface area (TPSA) is 60.9 Å². The van der Waals surface area contributed by atoms with Crippen molar-refractivity contribution in [3.8, 4) is 32.3 Å². The maximum atomic E-state index is 14.1. The van der Waals surface area contributed by atoms with Gasteiger partial charge in [-0.25, -0.2) is 9.37 Å². The molecule has 5 aromatic rings. The minimum absolute atomic E-state index is 0.135. The minimum atomic E-state index is -0.365. The van der Waals surface area contributed by atoms with E-state index in [0.717, 1.165) is 37.9 Å². The molecule has 0 saturated heterocycles. The summed E-state index contributed by atoms with van der Waals surface area (Å²) in [7, 11) is 0. The smallest absolute Gasteiger partial charge is 0.262 e. The van der Waals surface area contributed by atoms with Crippen LogP contribution in [0.5, 0.6) is 0 Å². The fourth-order valence-corrected chi connectivity index (χ4v) is 5.95. The summed E-state index contributed by atoms with van der Waals surface area (Å²) < 4.78 is 21.2. The fraction of sp³-hybridized carbons (Fsp3) is 0.207. The van der Waals surface area contributed by atoms with Gasteiger partial charge < -0.3 is 4.52 Å². The van der Waals surface area contributed by atoms with Crippen LogP contribution in [0, 0.1) is 33.5 Å². The molecule has 5 nitrogen and oxygen atoms in total. The summed E-state index contributed by atoms with van der Waals surface area (Å²) in [5, 5.41) is 4.09. The Labute approximate surface area is 212 Å². The lowest BCUT2D eigenvalue weighted by molar-refractivity contribution is 0.393. The van der Waals surface area contributed by atoms with E-state index in [1.807, 2.05) is 64.1 Å². The van der Waals surface area contributed by atoms with Gasteiger partial charge in [0.15, 0.2) is 0 Å². The molecular formula is C29H26FN3O2S. The molecule has 0 amide bonds. The highest BCUT2D eigenvalue weighted by atomic mass is 32.1. The molecule has 36 heavy (non-hydrogen) atoms. The van der Waals surface area contributed by atoms with Gasteiger partial charge in [-0.3, -0.25) is 9.36 Å². The lowest BCUT2D eigenvalue weighted by Gasteiger charge is -2.16. The van der Waals surface area contributed by atoms with E-state index in [1.165, 1.54) is 12.1 Å². The van der Waals surface area contributed by atoms with Crippen LogP contribution < -0.4 is 5.56 Å². The Hall–Kier alpha value is -3.84. The molecule has 0 N–H and O–H groups in total. The Morgan fingerprint density at radius 3 is 2.42 bits per heavy atom. The van der Waals surface area contributed by atoms with Crippen LogP contribution in [0.15, 0.2) is 70.0 Å². The molecule has 0 aliphatic rings. The number of nitrogens with zero attached hydrogens (tertiary/aromatic N) is 3. The quantitative estimate of drug-likeness (QED) is 0.255. The molecule has 2 aromatic carbocycles. The maximum absolute atomic E-state index is 14.1. The molecular weight excluding hydrogens is 473 g/mol. The van der Waals surface area contributed by atoms with Gasteiger partial charge in [-0.1, -0.05) is 47.6 Å². The summed E-state index contributed by atoms with van der Waals surface area (Å²) >= 11 is 1.54. The normalized spacial score (nSPS) is 11.2. The summed E-state index contributed by atoms with van der Waals surface area (Å²) in [6.45, 7) is 8.11. The molecule has 0 unspecified atom stereocenters. The zero-order chi connectivity index (χ0) is 25.4. The third-order valence-corrected chi connectivity index (χ3v) is 7.60. The monoisotopic (exact) mass is 499 g/mol. The molecule has 0 fully saturated rings. The van der Waals surface area contributed by atoms with Crippen molar-refractivity contribution in [3.05, 3.63) is 105 Å². The Kier molecular flexibility index (Phi) is 6.41. The van der Waals surface area contributed by atoms with E-state index in [2.05, 4.69) is 5.16 Å². The average Bonchev–Trinajstić information content (AvgIpc) is 3.39. The third-order valence-electron chi connectivity index (χ3n) is 6.32. The summed E-state index contributed by atoms with van der Waals surface area (Å²) in [5.41, 5.74) is 5.57. The second kappa shape index (κ2) is 9.66. The second-order valence-corrected chi connectivity index (χ2v) is 9.97. The van der Waals surface area contributed by atoms with Crippen LogP contribution in [0.3, 0.4) is 0 Å². The Bertz CT molecular complexity index is 1600. The van der Waals surface area contributed by atoms with Crippen molar-refractivity contribution in [1.29, 1.82) is 0 Å². The lowest BCUT2D eigenvalue weighted by atomic mass is 10.1. The molecule has 7 heteroatoms. The Morgan fingerprint density at radius 1 is 0.944 bits per heavy atom. The molecule has 182 valence electrons. The largest absolute Gasteiger partial charge is 0.361 e. The van der Waals surface area contributed by atoms with Crippen LogP contribution in [-0.4, -0.2) is 14.7 Å². The highest BCUT2D eigenvalue weighted by Gasteiger charge is 2.22. The van der Waals surface area contributed by atoms with E-state index < -0.39 is 0 Å². The van der Waals surface area contributed by atoms with Crippen LogP contribution >= 0.6 is 11.3 Å². The molecule has 0 aliphatic carbocycles. The second-order valence-electron chi connectivity index (χ2n) is 8.92. The van der Waals surface area contributed by atoms with Crippen LogP contribution in [-0.2, 0) is 13.0 Å². The summed E-state index contributed by atoms with van der Waals surface area (Å²) in [6.07, 6.45) is 0.654. The minimum Gasteiger partial charge on any atom is -0.361 e. The predicted molar refractivity (Wildman–Crippen MR) is 142 cm³/mol. The molecule has 0 bridgehead atoms. The van der Waals surface area contributed by atoms with Crippen molar-refractivity contribution < 1.29 is 8.91 Å². The maximum Gasteiger partial charge on any atom is 0.262 e. The van der Waals surface area contributed by atoms with E-state index in [4.69, 9.17) is 9.51 Å². The van der Waals surface area contributed by atoms with Crippen molar-refractivity contribution in [2.24, 2.45) is 0 Å². The number of thiophene rings is 1. The predicted octanol–water partition coefficient (Wildman–Crippen LogP) is 6.91. The molecule has 0 spiro atoms. The number of benzene rings is 2. The lowest BCUT2D eigenvalue weighted by Crippen LogP contribution is -2.27. The summed E-state index contributed by atoms with van der Waals surface area (Å²) in [4.78, 5) is 20.8. The molecule has 0 saturated carbocycles. The number of aromatic nitrogens is 3. The number of rotatable bonds is 6. The molecule has 3 aromatic heterocycles. The number of halogens is 1. The molecule has 3 heterocycles. The first kappa shape index (κ1) is 23.9. The van der Waals surface area contributed by atoms with E-state index in [9.17, 15) is 9.18 Å². The van der Waals surface area contributed by atoms with E-state index in [0.29, 0.717) is 35.6 Å². The van der Waals surface area contributed by atoms with Gasteiger partial charge in [0.1, 0.15) is 17.4 Å². The Morgan fingerprint density at radius 2 is 1.72 bits per heavy atom. The van der Waals surface area contributed by atoms with Crippen molar-refractivity contribution in [2.45, 2.75) is 40.7 Å². The van der Waals surface area contributed by atoms with Crippen LogP contribution in [0.25, 0.3) is 32.3 Å². The van der Waals surface area contributed by atoms with E-state index >= 15 is 0 Å². The van der Waals surface area contributed by atoms with Crippen molar-refractivity contribution >= 4 is 11.3 Å². The molecule has 0 atom stereocenters. The first-order valence-electron chi connectivity index (χ1n) is 11.8. The van der Waals surface area contributed by atoms with Crippen molar-refractivity contribution in [2.75, 3.05) is 0 Å². The van der Waals surface area contributed by atoms with E-state index in [1.54, 1.807) is 28.0 Å². The molecule has 0 aliphatic heterocycles. The van der Waals surface area contributed by atoms with Crippen LogP contribution in [0.2, 0.25) is 0 Å². The van der Waals surface area contributed by atoms with Gasteiger partial charge in [-0.2, -0.15) is 0 Å². The van der Waals surface area contributed by atoms with Crippen molar-refractivity contribution in [3.63, 3.8) is 0 Å². The number of hydrogen-bond acceptors (Lipinski definition) is 5. The van der Waals surface area contributed by atoms with Crippen LogP contribution in [0.4, 0.5) is 4.39 Å². The SMILES string of the molecule is Cc1cc(-c2c(C)nc(-c3cccc(F)c3)n(CCc3ccccc3)c2=O)sc1-c1c(C)noc1C. The third kappa shape index (κ3) is 4.42. The zero-order valence-corrected chi connectivity index (χ0v) is 21.4. The Balaban J connectivity index is 1.66. The first-order valence-corrected chi connectivity index (χ1v) is 12.6. The van der Waals surface area contributed by atoms with Gasteiger partial charge in [0.05, 0.1) is 22.5 Å². The number of hydrogen-bond donors (Lipinski definition) is 0. The van der Waals surface area contributed by atoms with Gasteiger partial charge in [-0.05, 0) is 63.4 Å². The fourth-order valence-electron chi connectivity index (χ4n) is 4.55. The highest BCUT2D eigenvalue weighted by molar-refractivity contribution is 7.19. The van der Waals surface area contributed by atoms with E-state index in [-0.39, 0.29) is 11.4 Å². The molecule has 0 radical (unpaired) electrons. The highest BCUT2D eigenvalue weighted by Crippen LogP contribution is 2.40. The van der Waals surface area contributed by atoms with Gasteiger partial charge in [0.2, 0.25) is 0 Å². The standard InChI is InChI=1S/C29H26FN3O2S/c1-17-15-24(36-27(17)25-19(3)32-35-20(25)4)26-18(2)31-28(22-11-8-12-23(30)16-22)33(29(26)34)14-13-21-9-6-5-7-10-21/h5-12,15-16H,13-14H2,1-4H3. The zero-order valence-electron chi connectivity index (χ0n) is 20.6. The van der Waals surface area contributed by atoms with Crippen LogP contribution in [0.1, 0.15) is 28.3 Å². The van der Waals surface area contributed by atoms with Gasteiger partial charge in [0.25, 0.3) is 5.56 Å². The van der Waals surface area contributed by atoms with Gasteiger partial charge in [0, 0.05) is 21.9 Å². The van der Waals surface area contributed by atoms with Gasteiger partial charge >= 0.3 is 0 Å². The number of aryl methyl sites for hydroxylation is 5. The molecule has 5 rings (SSSR count). The average molecular weight is 500 g/mol. The first-order chi connectivity index (χ1) is 17.3. The summed E-state index contributed by atoms with van der Waals surface area (Å²) in [5.74, 6) is 0.854. The summed E-state index contributed by atoms with van der Waals surface area (Å²) in [6, 6.07) is 18.3.